The molecule has 0 fully saturated rings. The van der Waals surface area contributed by atoms with Crippen LogP contribution < -0.4 is 11.0 Å². The van der Waals surface area contributed by atoms with E-state index < -0.39 is 6.10 Å². The Kier molecular flexibility index (Phi) is 11.7. The van der Waals surface area contributed by atoms with Crippen LogP contribution in [0.1, 0.15) is 61.3 Å². The van der Waals surface area contributed by atoms with Gasteiger partial charge in [-0.15, -0.1) is 0 Å². The molecule has 8 nitrogen and oxygen atoms in total. The van der Waals surface area contributed by atoms with Crippen molar-refractivity contribution in [3.63, 3.8) is 0 Å². The van der Waals surface area contributed by atoms with Crippen LogP contribution in [-0.2, 0) is 17.8 Å². The Morgan fingerprint density at radius 3 is 2.58 bits per heavy atom. The number of phenols is 1. The van der Waals surface area contributed by atoms with Crippen molar-refractivity contribution in [2.45, 2.75) is 57.7 Å². The molecular formula is C28H39N3O5. The van der Waals surface area contributed by atoms with Gasteiger partial charge in [0.25, 0.3) is 0 Å². The van der Waals surface area contributed by atoms with Gasteiger partial charge in [0.1, 0.15) is 5.75 Å². The molecule has 1 heterocycles. The molecule has 36 heavy (non-hydrogen) atoms. The van der Waals surface area contributed by atoms with Gasteiger partial charge < -0.3 is 30.4 Å². The predicted octanol–water partition coefficient (Wildman–Crippen LogP) is 3.59. The smallest absolute Gasteiger partial charge is 0.330 e. The van der Waals surface area contributed by atoms with Gasteiger partial charge in [-0.05, 0) is 74.0 Å². The van der Waals surface area contributed by atoms with E-state index in [2.05, 4.69) is 22.4 Å². The van der Waals surface area contributed by atoms with Crippen LogP contribution in [0.3, 0.4) is 0 Å². The Balaban J connectivity index is 1.15. The molecule has 0 aliphatic carbocycles. The number of aryl methyl sites for hydroxylation is 1. The second-order valence-corrected chi connectivity index (χ2v) is 9.06. The number of imidazole rings is 1. The zero-order valence-corrected chi connectivity index (χ0v) is 20.9. The first-order valence-electron chi connectivity index (χ1n) is 12.8. The van der Waals surface area contributed by atoms with E-state index in [1.54, 1.807) is 29.1 Å². The van der Waals surface area contributed by atoms with E-state index in [4.69, 9.17) is 4.74 Å². The molecule has 1 aromatic heterocycles. The maximum atomic E-state index is 11.8. The Morgan fingerprint density at radius 2 is 1.81 bits per heavy atom. The highest BCUT2D eigenvalue weighted by Gasteiger charge is 2.10. The van der Waals surface area contributed by atoms with E-state index in [1.807, 2.05) is 12.1 Å². The molecule has 196 valence electrons. The van der Waals surface area contributed by atoms with Gasteiger partial charge in [0.05, 0.1) is 18.4 Å². The molecule has 0 spiro atoms. The largest absolute Gasteiger partial charge is 0.508 e. The number of aromatic nitrogens is 2. The van der Waals surface area contributed by atoms with Crippen LogP contribution in [-0.4, -0.2) is 51.2 Å². The number of unbranched alkanes of at least 4 members (excludes halogenated alkanes) is 4. The second kappa shape index (κ2) is 15.3. The van der Waals surface area contributed by atoms with Crippen molar-refractivity contribution in [3.05, 3.63) is 82.0 Å². The Bertz CT molecular complexity index is 1090. The van der Waals surface area contributed by atoms with E-state index >= 15 is 0 Å². The van der Waals surface area contributed by atoms with Crippen molar-refractivity contribution in [3.8, 4) is 11.4 Å². The van der Waals surface area contributed by atoms with Crippen molar-refractivity contribution in [1.29, 1.82) is 0 Å². The van der Waals surface area contributed by atoms with Gasteiger partial charge in [0.15, 0.2) is 0 Å². The number of hydrogen-bond donors (Lipinski definition) is 5. The van der Waals surface area contributed by atoms with Crippen LogP contribution in [0.15, 0.2) is 59.7 Å². The lowest BCUT2D eigenvalue weighted by atomic mass is 10.1. The zero-order chi connectivity index (χ0) is 25.6. The molecule has 3 aromatic rings. The van der Waals surface area contributed by atoms with Crippen molar-refractivity contribution >= 4 is 0 Å². The number of ether oxygens (including phenoxy) is 1. The number of H-pyrrole nitrogens is 1. The summed E-state index contributed by atoms with van der Waals surface area (Å²) >= 11 is 0. The van der Waals surface area contributed by atoms with Crippen molar-refractivity contribution in [2.24, 2.45) is 0 Å². The fraction of sp³-hybridized carbons (Fsp3) is 0.464. The number of nitrogens with one attached hydrogen (secondary N) is 2. The average molecular weight is 498 g/mol. The molecule has 0 saturated carbocycles. The Hall–Kier alpha value is -2.91. The molecule has 0 bridgehead atoms. The molecule has 2 aromatic carbocycles. The summed E-state index contributed by atoms with van der Waals surface area (Å²) in [6, 6.07) is 12.9. The molecule has 0 unspecified atom stereocenters. The molecule has 3 rings (SSSR count). The standard InChI is InChI=1S/C28H39N3O5/c32-21-24-19-23(11-12-26(24)33)27(34)20-29-13-4-1-2-5-16-36-17-6-3-8-22-9-7-10-25(18-22)31-15-14-30-28(31)35/h7,9-12,14-15,18-19,27,29,32-34H,1-6,8,13,16-17,20-21H2,(H,30,35)/t27-/m1/s1. The topological polar surface area (TPSA) is 120 Å². The molecule has 0 aliphatic heterocycles. The monoisotopic (exact) mass is 497 g/mol. The highest BCUT2D eigenvalue weighted by Crippen LogP contribution is 2.22. The fourth-order valence-corrected chi connectivity index (χ4v) is 4.12. The van der Waals surface area contributed by atoms with Crippen LogP contribution in [0.5, 0.6) is 5.75 Å². The minimum atomic E-state index is -0.669. The first kappa shape index (κ1) is 27.7. The van der Waals surface area contributed by atoms with E-state index in [1.165, 1.54) is 11.6 Å². The minimum absolute atomic E-state index is 0.0415. The summed E-state index contributed by atoms with van der Waals surface area (Å²) in [6.07, 6.45) is 10.1. The number of benzene rings is 2. The zero-order valence-electron chi connectivity index (χ0n) is 20.9. The van der Waals surface area contributed by atoms with Gasteiger partial charge in [0.2, 0.25) is 0 Å². The molecule has 0 radical (unpaired) electrons. The Morgan fingerprint density at radius 1 is 1.00 bits per heavy atom. The highest BCUT2D eigenvalue weighted by molar-refractivity contribution is 5.37. The lowest BCUT2D eigenvalue weighted by Gasteiger charge is -2.14. The van der Waals surface area contributed by atoms with Crippen molar-refractivity contribution in [2.75, 3.05) is 26.3 Å². The molecule has 0 aliphatic rings. The summed E-state index contributed by atoms with van der Waals surface area (Å²) in [6.45, 7) is 2.58. The van der Waals surface area contributed by atoms with Crippen LogP contribution >= 0.6 is 0 Å². The average Bonchev–Trinajstić information content (AvgIpc) is 3.33. The summed E-state index contributed by atoms with van der Waals surface area (Å²) in [7, 11) is 0. The summed E-state index contributed by atoms with van der Waals surface area (Å²) in [4.78, 5) is 14.4. The van der Waals surface area contributed by atoms with E-state index in [0.717, 1.165) is 70.4 Å². The van der Waals surface area contributed by atoms with Gasteiger partial charge in [-0.2, -0.15) is 0 Å². The van der Waals surface area contributed by atoms with Crippen LogP contribution in [0.4, 0.5) is 0 Å². The Labute approximate surface area is 212 Å². The van der Waals surface area contributed by atoms with Gasteiger partial charge in [-0.1, -0.05) is 31.0 Å². The van der Waals surface area contributed by atoms with Crippen molar-refractivity contribution < 1.29 is 20.1 Å². The van der Waals surface area contributed by atoms with Gasteiger partial charge in [-0.3, -0.25) is 4.57 Å². The van der Waals surface area contributed by atoms with Crippen LogP contribution in [0.2, 0.25) is 0 Å². The second-order valence-electron chi connectivity index (χ2n) is 9.06. The molecule has 0 amide bonds. The predicted molar refractivity (Wildman–Crippen MR) is 140 cm³/mol. The molecule has 8 heteroatoms. The molecule has 0 saturated heterocycles. The third-order valence-corrected chi connectivity index (χ3v) is 6.23. The summed E-state index contributed by atoms with van der Waals surface area (Å²) in [5.41, 5.74) is 3.09. The number of aromatic hydroxyl groups is 1. The first-order valence-corrected chi connectivity index (χ1v) is 12.8. The number of rotatable bonds is 17. The highest BCUT2D eigenvalue weighted by atomic mass is 16.5. The van der Waals surface area contributed by atoms with Gasteiger partial charge in [-0.25, -0.2) is 4.79 Å². The summed E-state index contributed by atoms with van der Waals surface area (Å²) < 4.78 is 7.38. The third-order valence-electron chi connectivity index (χ3n) is 6.23. The molecular weight excluding hydrogens is 458 g/mol. The quantitative estimate of drug-likeness (QED) is 0.182. The number of aliphatic hydroxyl groups excluding tert-OH is 2. The van der Waals surface area contributed by atoms with E-state index in [-0.39, 0.29) is 18.0 Å². The van der Waals surface area contributed by atoms with Gasteiger partial charge >= 0.3 is 5.69 Å². The summed E-state index contributed by atoms with van der Waals surface area (Å²) in [5, 5.41) is 32.4. The first-order chi connectivity index (χ1) is 17.6. The third kappa shape index (κ3) is 8.95. The van der Waals surface area contributed by atoms with Crippen molar-refractivity contribution in [1.82, 2.24) is 14.9 Å². The maximum absolute atomic E-state index is 11.8. The lowest BCUT2D eigenvalue weighted by Crippen LogP contribution is -2.22. The minimum Gasteiger partial charge on any atom is -0.508 e. The number of aromatic amines is 1. The summed E-state index contributed by atoms with van der Waals surface area (Å²) in [5.74, 6) is 0.0415. The molecule has 5 N–H and O–H groups in total. The van der Waals surface area contributed by atoms with Gasteiger partial charge in [0, 0.05) is 37.7 Å². The van der Waals surface area contributed by atoms with Crippen LogP contribution in [0, 0.1) is 0 Å². The molecule has 1 atom stereocenters. The SMILES string of the molecule is O=c1[nH]ccn1-c1cccc(CCCCOCCCCCCNC[C@@H](O)c2ccc(O)c(CO)c2)c1. The number of hydrogen-bond acceptors (Lipinski definition) is 6. The number of aliphatic hydroxyl groups is 2. The fourth-order valence-electron chi connectivity index (χ4n) is 4.12. The normalized spacial score (nSPS) is 12.2. The van der Waals surface area contributed by atoms with Crippen LogP contribution in [0.25, 0.3) is 5.69 Å². The number of nitrogens with zero attached hydrogens (tertiary/aromatic N) is 1. The van der Waals surface area contributed by atoms with E-state index in [0.29, 0.717) is 17.7 Å². The lowest BCUT2D eigenvalue weighted by molar-refractivity contribution is 0.126. The maximum Gasteiger partial charge on any atom is 0.330 e. The van der Waals surface area contributed by atoms with E-state index in [9.17, 15) is 20.1 Å².